The fourth-order valence-electron chi connectivity index (χ4n) is 4.10. The molecular formula is C31H33NO5. The molecule has 0 aliphatic heterocycles. The molecule has 0 saturated carbocycles. The van der Waals surface area contributed by atoms with Gasteiger partial charge in [-0.25, -0.2) is 4.98 Å². The molecule has 0 aliphatic rings. The van der Waals surface area contributed by atoms with Crippen molar-refractivity contribution >= 4 is 5.97 Å². The number of carboxylic acids is 1. The van der Waals surface area contributed by atoms with Gasteiger partial charge in [0, 0.05) is 12.0 Å². The number of ether oxygens (including phenoxy) is 2. The second-order valence-electron chi connectivity index (χ2n) is 9.56. The van der Waals surface area contributed by atoms with Crippen molar-refractivity contribution in [1.29, 1.82) is 0 Å². The van der Waals surface area contributed by atoms with E-state index in [1.165, 1.54) is 0 Å². The summed E-state index contributed by atoms with van der Waals surface area (Å²) in [6.45, 7) is 8.69. The first-order valence-corrected chi connectivity index (χ1v) is 12.6. The fraction of sp³-hybridized carbons (Fsp3) is 0.290. The number of hydrogen-bond acceptors (Lipinski definition) is 5. The lowest BCUT2D eigenvalue weighted by Crippen LogP contribution is -2.09. The first-order chi connectivity index (χ1) is 17.8. The highest BCUT2D eigenvalue weighted by molar-refractivity contribution is 5.67. The van der Waals surface area contributed by atoms with E-state index in [4.69, 9.17) is 24.0 Å². The molecule has 6 nitrogen and oxygen atoms in total. The molecule has 0 fully saturated rings. The predicted octanol–water partition coefficient (Wildman–Crippen LogP) is 7.77. The molecule has 1 unspecified atom stereocenters. The van der Waals surface area contributed by atoms with Crippen LogP contribution in [0.5, 0.6) is 17.2 Å². The lowest BCUT2D eigenvalue weighted by molar-refractivity contribution is -0.136. The smallest absolute Gasteiger partial charge is 0.303 e. The normalized spacial score (nSPS) is 11.9. The van der Waals surface area contributed by atoms with Crippen molar-refractivity contribution in [2.45, 2.75) is 52.4 Å². The minimum atomic E-state index is -0.794. The summed E-state index contributed by atoms with van der Waals surface area (Å²) in [6, 6.07) is 23.2. The Labute approximate surface area is 217 Å². The van der Waals surface area contributed by atoms with Crippen LogP contribution in [0.25, 0.3) is 11.5 Å². The van der Waals surface area contributed by atoms with Gasteiger partial charge in [-0.3, -0.25) is 4.79 Å². The van der Waals surface area contributed by atoms with Crippen LogP contribution in [0, 0.1) is 6.92 Å². The van der Waals surface area contributed by atoms with E-state index in [0.29, 0.717) is 18.9 Å². The number of carbonyl (C=O) groups is 1. The van der Waals surface area contributed by atoms with E-state index in [9.17, 15) is 4.79 Å². The van der Waals surface area contributed by atoms with Gasteiger partial charge in [0.25, 0.3) is 0 Å². The Balaban J connectivity index is 1.45. The molecule has 1 atom stereocenters. The molecule has 0 bridgehead atoms. The second-order valence-corrected chi connectivity index (χ2v) is 9.56. The molecule has 4 rings (SSSR count). The van der Waals surface area contributed by atoms with Gasteiger partial charge in [-0.2, -0.15) is 0 Å². The SMILES string of the molecule is Cc1cc(OCC(C)c2oc(-c3ccc(Oc4ccccc4)cc3)nc2C(C)C)ccc1CCC(=O)O. The Morgan fingerprint density at radius 3 is 2.27 bits per heavy atom. The quantitative estimate of drug-likeness (QED) is 0.227. The van der Waals surface area contributed by atoms with Gasteiger partial charge in [0.1, 0.15) is 23.0 Å². The molecule has 4 aromatic rings. The maximum Gasteiger partial charge on any atom is 0.303 e. The number of carboxylic acid groups (broad SMARTS) is 1. The molecule has 0 spiro atoms. The van der Waals surface area contributed by atoms with Crippen LogP contribution in [0.4, 0.5) is 0 Å². The van der Waals surface area contributed by atoms with Crippen molar-refractivity contribution in [2.24, 2.45) is 0 Å². The molecule has 37 heavy (non-hydrogen) atoms. The topological polar surface area (TPSA) is 81.8 Å². The Morgan fingerprint density at radius 2 is 1.62 bits per heavy atom. The second kappa shape index (κ2) is 11.8. The van der Waals surface area contributed by atoms with E-state index in [-0.39, 0.29) is 18.3 Å². The van der Waals surface area contributed by atoms with Crippen LogP contribution < -0.4 is 9.47 Å². The van der Waals surface area contributed by atoms with Crippen molar-refractivity contribution in [3.63, 3.8) is 0 Å². The van der Waals surface area contributed by atoms with Crippen LogP contribution in [-0.2, 0) is 11.2 Å². The Kier molecular flexibility index (Phi) is 8.29. The van der Waals surface area contributed by atoms with E-state index < -0.39 is 5.97 Å². The van der Waals surface area contributed by atoms with Crippen LogP contribution in [0.1, 0.15) is 61.6 Å². The van der Waals surface area contributed by atoms with Gasteiger partial charge in [-0.1, -0.05) is 45.0 Å². The summed E-state index contributed by atoms with van der Waals surface area (Å²) in [5.41, 5.74) is 3.85. The number of aromatic nitrogens is 1. The fourth-order valence-corrected chi connectivity index (χ4v) is 4.10. The molecule has 0 saturated heterocycles. The number of aryl methyl sites for hydroxylation is 2. The number of benzene rings is 3. The Morgan fingerprint density at radius 1 is 0.946 bits per heavy atom. The lowest BCUT2D eigenvalue weighted by Gasteiger charge is -2.14. The third kappa shape index (κ3) is 6.79. The van der Waals surface area contributed by atoms with Crippen LogP contribution in [-0.4, -0.2) is 22.7 Å². The molecule has 0 aliphatic carbocycles. The number of rotatable bonds is 11. The zero-order chi connectivity index (χ0) is 26.4. The minimum absolute atomic E-state index is 0.00803. The molecular weight excluding hydrogens is 466 g/mol. The van der Waals surface area contributed by atoms with Crippen molar-refractivity contribution in [2.75, 3.05) is 6.61 Å². The summed E-state index contributed by atoms with van der Waals surface area (Å²) in [5.74, 6) is 3.09. The number of oxazole rings is 1. The largest absolute Gasteiger partial charge is 0.493 e. The average molecular weight is 500 g/mol. The Hall–Kier alpha value is -4.06. The molecule has 0 radical (unpaired) electrons. The molecule has 0 amide bonds. The van der Waals surface area contributed by atoms with Crippen molar-refractivity contribution < 1.29 is 23.8 Å². The van der Waals surface area contributed by atoms with Crippen LogP contribution >= 0.6 is 0 Å². The molecule has 6 heteroatoms. The van der Waals surface area contributed by atoms with Crippen molar-refractivity contribution in [3.8, 4) is 28.7 Å². The molecule has 1 heterocycles. The lowest BCUT2D eigenvalue weighted by atomic mass is 10.0. The summed E-state index contributed by atoms with van der Waals surface area (Å²) in [5, 5.41) is 8.93. The molecule has 1 N–H and O–H groups in total. The average Bonchev–Trinajstić information content (AvgIpc) is 3.34. The van der Waals surface area contributed by atoms with E-state index in [2.05, 4.69) is 20.8 Å². The first-order valence-electron chi connectivity index (χ1n) is 12.6. The number of nitrogens with zero attached hydrogens (tertiary/aromatic N) is 1. The van der Waals surface area contributed by atoms with Crippen molar-refractivity contribution in [3.05, 3.63) is 95.4 Å². The third-order valence-electron chi connectivity index (χ3n) is 6.18. The van der Waals surface area contributed by atoms with E-state index in [1.54, 1.807) is 0 Å². The monoisotopic (exact) mass is 499 g/mol. The highest BCUT2D eigenvalue weighted by Gasteiger charge is 2.23. The van der Waals surface area contributed by atoms with Crippen LogP contribution in [0.15, 0.2) is 77.2 Å². The van der Waals surface area contributed by atoms with Gasteiger partial charge >= 0.3 is 5.97 Å². The zero-order valence-electron chi connectivity index (χ0n) is 21.7. The summed E-state index contributed by atoms with van der Waals surface area (Å²) in [4.78, 5) is 15.7. The first kappa shape index (κ1) is 26.0. The van der Waals surface area contributed by atoms with Gasteiger partial charge in [-0.15, -0.1) is 0 Å². The van der Waals surface area contributed by atoms with Gasteiger partial charge < -0.3 is 19.0 Å². The van der Waals surface area contributed by atoms with E-state index in [1.807, 2.05) is 79.7 Å². The van der Waals surface area contributed by atoms with E-state index in [0.717, 1.165) is 45.4 Å². The van der Waals surface area contributed by atoms with Crippen molar-refractivity contribution in [1.82, 2.24) is 4.98 Å². The number of para-hydroxylation sites is 1. The highest BCUT2D eigenvalue weighted by Crippen LogP contribution is 2.33. The summed E-state index contributed by atoms with van der Waals surface area (Å²) < 4.78 is 18.3. The van der Waals surface area contributed by atoms with Gasteiger partial charge in [0.05, 0.1) is 18.2 Å². The van der Waals surface area contributed by atoms with E-state index >= 15 is 0 Å². The maximum absolute atomic E-state index is 10.9. The zero-order valence-corrected chi connectivity index (χ0v) is 21.7. The molecule has 192 valence electrons. The highest BCUT2D eigenvalue weighted by atomic mass is 16.5. The standard InChI is InChI=1S/C31H33NO5/c1-20(2)29-30(22(4)19-35-27-16-10-23(21(3)18-27)13-17-28(33)34)37-31(32-29)24-11-14-26(15-12-24)36-25-8-6-5-7-9-25/h5-12,14-16,18,20,22H,13,17,19H2,1-4H3,(H,33,34). The molecule has 1 aromatic heterocycles. The maximum atomic E-state index is 10.9. The summed E-state index contributed by atoms with van der Waals surface area (Å²) in [6.07, 6.45) is 0.627. The Bertz CT molecular complexity index is 1330. The van der Waals surface area contributed by atoms with Gasteiger partial charge in [-0.05, 0) is 78.9 Å². The predicted molar refractivity (Wildman–Crippen MR) is 144 cm³/mol. The van der Waals surface area contributed by atoms with Crippen LogP contribution in [0.3, 0.4) is 0 Å². The summed E-state index contributed by atoms with van der Waals surface area (Å²) in [7, 11) is 0. The van der Waals surface area contributed by atoms with Gasteiger partial charge in [0.2, 0.25) is 5.89 Å². The summed E-state index contributed by atoms with van der Waals surface area (Å²) >= 11 is 0. The molecule has 3 aromatic carbocycles. The minimum Gasteiger partial charge on any atom is -0.493 e. The number of aliphatic carboxylic acids is 1. The third-order valence-corrected chi connectivity index (χ3v) is 6.18. The van der Waals surface area contributed by atoms with Gasteiger partial charge in [0.15, 0.2) is 0 Å². The number of hydrogen-bond donors (Lipinski definition) is 1. The van der Waals surface area contributed by atoms with Crippen LogP contribution in [0.2, 0.25) is 0 Å².